The Hall–Kier alpha value is -3.83. The number of benzene rings is 1. The summed E-state index contributed by atoms with van der Waals surface area (Å²) in [5.74, 6) is -1.01. The topological polar surface area (TPSA) is 148 Å². The van der Waals surface area contributed by atoms with Crippen LogP contribution in [0.3, 0.4) is 0 Å². The van der Waals surface area contributed by atoms with Gasteiger partial charge >= 0.3 is 0 Å². The van der Waals surface area contributed by atoms with Gasteiger partial charge in [-0.3, -0.25) is 24.3 Å². The molecule has 3 aromatic rings. The number of carbonyl (C=O) groups is 3. The zero-order valence-corrected chi connectivity index (χ0v) is 19.8. The van der Waals surface area contributed by atoms with Crippen LogP contribution in [0.4, 0.5) is 16.5 Å². The molecule has 5 rings (SSSR count). The number of aromatic nitrogens is 2. The van der Waals surface area contributed by atoms with Crippen LogP contribution in [0.1, 0.15) is 39.3 Å². The maximum Gasteiger partial charge on any atom is 0.275 e. The number of piperidine rings is 1. The van der Waals surface area contributed by atoms with Crippen molar-refractivity contribution in [2.45, 2.75) is 24.8 Å². The number of primary amides is 1. The lowest BCUT2D eigenvalue weighted by atomic mass is 9.88. The zero-order valence-electron chi connectivity index (χ0n) is 18.9. The van der Waals surface area contributed by atoms with E-state index in [1.54, 1.807) is 28.7 Å². The molecule has 2 aliphatic heterocycles. The number of amides is 3. The van der Waals surface area contributed by atoms with Crippen molar-refractivity contribution in [2.75, 3.05) is 34.8 Å². The van der Waals surface area contributed by atoms with Gasteiger partial charge in [-0.05, 0) is 37.0 Å². The van der Waals surface area contributed by atoms with Gasteiger partial charge in [0.15, 0.2) is 5.13 Å². The molecule has 1 saturated heterocycles. The van der Waals surface area contributed by atoms with Gasteiger partial charge in [-0.1, -0.05) is 18.2 Å². The monoisotopic (exact) mass is 491 g/mol. The number of nitrogens with one attached hydrogen (secondary N) is 1. The molecule has 0 aliphatic carbocycles. The van der Waals surface area contributed by atoms with Gasteiger partial charge in [-0.25, -0.2) is 4.98 Å². The van der Waals surface area contributed by atoms with Crippen LogP contribution in [-0.4, -0.2) is 52.9 Å². The average Bonchev–Trinajstić information content (AvgIpc) is 3.36. The first kappa shape index (κ1) is 22.9. The first-order chi connectivity index (χ1) is 16.9. The van der Waals surface area contributed by atoms with E-state index in [0.717, 1.165) is 17.7 Å². The maximum absolute atomic E-state index is 13.0. The minimum Gasteiger partial charge on any atom is -0.370 e. The lowest BCUT2D eigenvalue weighted by Crippen LogP contribution is -2.58. The van der Waals surface area contributed by atoms with Crippen LogP contribution in [0, 0.1) is 0 Å². The van der Waals surface area contributed by atoms with Crippen molar-refractivity contribution >= 4 is 45.6 Å². The molecule has 2 aliphatic rings. The highest BCUT2D eigenvalue weighted by Gasteiger charge is 2.36. The fourth-order valence-corrected chi connectivity index (χ4v) is 5.27. The van der Waals surface area contributed by atoms with Crippen LogP contribution >= 0.6 is 11.3 Å². The summed E-state index contributed by atoms with van der Waals surface area (Å²) in [6.45, 7) is 1.55. The fraction of sp³-hybridized carbons (Fsp3) is 0.292. The lowest BCUT2D eigenvalue weighted by molar-refractivity contribution is -0.123. The number of carbonyl (C=O) groups excluding carboxylic acids is 3. The Balaban J connectivity index is 1.30. The number of hydrogen-bond acceptors (Lipinski definition) is 8. The lowest BCUT2D eigenvalue weighted by Gasteiger charge is -2.38. The number of thiazole rings is 1. The molecule has 1 fully saturated rings. The number of anilines is 3. The molecule has 0 atom stereocenters. The molecular formula is C24H25N7O3S. The Kier molecular flexibility index (Phi) is 5.95. The Morgan fingerprint density at radius 1 is 1.11 bits per heavy atom. The quantitative estimate of drug-likeness (QED) is 0.493. The number of hydrogen-bond donors (Lipinski definition) is 3. The van der Waals surface area contributed by atoms with E-state index in [0.29, 0.717) is 48.9 Å². The molecule has 180 valence electrons. The molecule has 0 radical (unpaired) electrons. The van der Waals surface area contributed by atoms with Gasteiger partial charge < -0.3 is 21.7 Å². The van der Waals surface area contributed by atoms with Gasteiger partial charge in [0.25, 0.3) is 11.8 Å². The van der Waals surface area contributed by atoms with Crippen LogP contribution in [-0.2, 0) is 11.2 Å². The average molecular weight is 492 g/mol. The number of nitrogens with two attached hydrogens (primary N) is 2. The van der Waals surface area contributed by atoms with E-state index in [-0.39, 0.29) is 11.6 Å². The third-order valence-electron chi connectivity index (χ3n) is 6.59. The molecule has 2 aromatic heterocycles. The first-order valence-electron chi connectivity index (χ1n) is 11.3. The van der Waals surface area contributed by atoms with Gasteiger partial charge in [0.2, 0.25) is 5.91 Å². The first-order valence-corrected chi connectivity index (χ1v) is 12.2. The summed E-state index contributed by atoms with van der Waals surface area (Å²) in [6, 6.07) is 9.35. The Labute approximate surface area is 205 Å². The maximum atomic E-state index is 13.0. The molecule has 0 bridgehead atoms. The molecule has 0 unspecified atom stereocenters. The van der Waals surface area contributed by atoms with Crippen LogP contribution in [0.15, 0.2) is 48.1 Å². The Bertz CT molecular complexity index is 1300. The number of nitrogens with zero attached hydrogens (tertiary/aromatic N) is 4. The Morgan fingerprint density at radius 2 is 1.89 bits per heavy atom. The van der Waals surface area contributed by atoms with Crippen molar-refractivity contribution in [3.63, 3.8) is 0 Å². The summed E-state index contributed by atoms with van der Waals surface area (Å²) in [7, 11) is 0. The van der Waals surface area contributed by atoms with Gasteiger partial charge in [-0.2, -0.15) is 0 Å². The standard InChI is InChI=1S/C24H25N7O3S/c25-22(34)24(26)7-11-30(12-8-24)19-5-9-27-13-17(19)28-20(32)18-14-35-23(29-18)31-10-6-15-3-1-2-4-16(15)21(31)33/h1-5,9,13-14H,6-8,10-12,26H2,(H2,25,34)(H,28,32). The summed E-state index contributed by atoms with van der Waals surface area (Å²) < 4.78 is 0. The van der Waals surface area contributed by atoms with Gasteiger partial charge in [0, 0.05) is 36.8 Å². The zero-order chi connectivity index (χ0) is 24.6. The minimum absolute atomic E-state index is 0.111. The minimum atomic E-state index is -1.02. The van der Waals surface area contributed by atoms with Crippen molar-refractivity contribution in [2.24, 2.45) is 11.5 Å². The van der Waals surface area contributed by atoms with E-state index in [4.69, 9.17) is 11.5 Å². The molecule has 4 heterocycles. The highest BCUT2D eigenvalue weighted by molar-refractivity contribution is 7.14. The largest absolute Gasteiger partial charge is 0.370 e. The molecule has 5 N–H and O–H groups in total. The van der Waals surface area contributed by atoms with Crippen molar-refractivity contribution < 1.29 is 14.4 Å². The smallest absolute Gasteiger partial charge is 0.275 e. The van der Waals surface area contributed by atoms with Crippen molar-refractivity contribution in [3.05, 3.63) is 64.9 Å². The van der Waals surface area contributed by atoms with E-state index >= 15 is 0 Å². The molecule has 35 heavy (non-hydrogen) atoms. The van der Waals surface area contributed by atoms with Crippen LogP contribution < -0.4 is 26.6 Å². The van der Waals surface area contributed by atoms with Crippen LogP contribution in [0.25, 0.3) is 0 Å². The number of fused-ring (bicyclic) bond motifs is 1. The van der Waals surface area contributed by atoms with Crippen LogP contribution in [0.2, 0.25) is 0 Å². The highest BCUT2D eigenvalue weighted by Crippen LogP contribution is 2.31. The molecule has 1 aromatic carbocycles. The van der Waals surface area contributed by atoms with Crippen molar-refractivity contribution in [1.29, 1.82) is 0 Å². The number of pyridine rings is 1. The van der Waals surface area contributed by atoms with E-state index in [9.17, 15) is 14.4 Å². The normalized spacial score (nSPS) is 17.1. The van der Waals surface area contributed by atoms with Gasteiger partial charge in [-0.15, -0.1) is 11.3 Å². The molecule has 0 spiro atoms. The van der Waals surface area contributed by atoms with Gasteiger partial charge in [0.05, 0.1) is 23.1 Å². The summed E-state index contributed by atoms with van der Waals surface area (Å²) in [5, 5.41) is 5.02. The molecule has 10 nitrogen and oxygen atoms in total. The van der Waals surface area contributed by atoms with Crippen molar-refractivity contribution in [1.82, 2.24) is 9.97 Å². The van der Waals surface area contributed by atoms with Crippen molar-refractivity contribution in [3.8, 4) is 0 Å². The second-order valence-electron chi connectivity index (χ2n) is 8.73. The third-order valence-corrected chi connectivity index (χ3v) is 7.45. The van der Waals surface area contributed by atoms with Gasteiger partial charge in [0.1, 0.15) is 5.69 Å². The Morgan fingerprint density at radius 3 is 2.66 bits per heavy atom. The predicted molar refractivity (Wildman–Crippen MR) is 134 cm³/mol. The fourth-order valence-electron chi connectivity index (χ4n) is 4.44. The van der Waals surface area contributed by atoms with Crippen LogP contribution in [0.5, 0.6) is 0 Å². The van der Waals surface area contributed by atoms with E-state index in [1.165, 1.54) is 11.3 Å². The SMILES string of the molecule is NC(=O)C1(N)CCN(c2ccncc2NC(=O)c2csc(N3CCc4ccccc4C3=O)n2)CC1. The third kappa shape index (κ3) is 4.35. The second kappa shape index (κ2) is 9.08. The summed E-state index contributed by atoms with van der Waals surface area (Å²) in [4.78, 5) is 49.9. The van der Waals surface area contributed by atoms with E-state index in [2.05, 4.69) is 15.3 Å². The number of rotatable bonds is 5. The summed E-state index contributed by atoms with van der Waals surface area (Å²) >= 11 is 1.26. The molecule has 0 saturated carbocycles. The summed E-state index contributed by atoms with van der Waals surface area (Å²) in [5.41, 5.74) is 13.8. The molecule has 11 heteroatoms. The summed E-state index contributed by atoms with van der Waals surface area (Å²) in [6.07, 6.45) is 4.78. The van der Waals surface area contributed by atoms with E-state index in [1.807, 2.05) is 29.2 Å². The predicted octanol–water partition coefficient (Wildman–Crippen LogP) is 1.78. The highest BCUT2D eigenvalue weighted by atomic mass is 32.1. The molecular weight excluding hydrogens is 466 g/mol. The van der Waals surface area contributed by atoms with E-state index < -0.39 is 17.4 Å². The second-order valence-corrected chi connectivity index (χ2v) is 9.57. The molecule has 3 amide bonds.